The Bertz CT molecular complexity index is 2170. The van der Waals surface area contributed by atoms with Crippen molar-refractivity contribution in [3.8, 4) is 11.1 Å². The monoisotopic (exact) mass is 675 g/mol. The zero-order chi connectivity index (χ0) is 33.9. The molecule has 9 heteroatoms. The van der Waals surface area contributed by atoms with Crippen LogP contribution in [0.1, 0.15) is 23.1 Å². The van der Waals surface area contributed by atoms with Gasteiger partial charge in [-0.3, -0.25) is 8.89 Å². The van der Waals surface area contributed by atoms with E-state index in [2.05, 4.69) is 117 Å². The van der Waals surface area contributed by atoms with Crippen LogP contribution in [-0.4, -0.2) is 54.7 Å². The number of nitrogens with zero attached hydrogens (tertiary/aromatic N) is 6. The van der Waals surface area contributed by atoms with Crippen molar-refractivity contribution in [3.63, 3.8) is 0 Å². The highest BCUT2D eigenvalue weighted by molar-refractivity contribution is 7.79. The molecule has 0 spiro atoms. The maximum atomic E-state index is 11.6. The lowest BCUT2D eigenvalue weighted by Crippen LogP contribution is -2.38. The highest BCUT2D eigenvalue weighted by atomic mass is 32.2. The molecule has 8 nitrogen and oxygen atoms in total. The van der Waals surface area contributed by atoms with Crippen LogP contribution in [0.5, 0.6) is 0 Å². The van der Waals surface area contributed by atoms with Crippen LogP contribution in [0.2, 0.25) is 0 Å². The second kappa shape index (κ2) is 13.7. The van der Waals surface area contributed by atoms with E-state index in [4.69, 9.17) is 10.1 Å². The van der Waals surface area contributed by atoms with E-state index in [1.807, 2.05) is 30.5 Å². The first kappa shape index (κ1) is 31.6. The van der Waals surface area contributed by atoms with E-state index >= 15 is 0 Å². The maximum absolute atomic E-state index is 11.6. The minimum absolute atomic E-state index is 0.301. The van der Waals surface area contributed by atoms with Crippen LogP contribution < -0.4 is 9.80 Å². The Morgan fingerprint density at radius 3 is 1.94 bits per heavy atom. The summed E-state index contributed by atoms with van der Waals surface area (Å²) in [6, 6.07) is 45.1. The molecule has 0 saturated carbocycles. The molecule has 0 radical (unpaired) electrons. The van der Waals surface area contributed by atoms with Crippen molar-refractivity contribution in [2.45, 2.75) is 16.9 Å². The van der Waals surface area contributed by atoms with Gasteiger partial charge in [0.05, 0.1) is 11.7 Å². The van der Waals surface area contributed by atoms with Gasteiger partial charge in [0.15, 0.2) is 0 Å². The van der Waals surface area contributed by atoms with Crippen molar-refractivity contribution in [1.29, 1.82) is 0 Å². The average Bonchev–Trinajstić information content (AvgIpc) is 3.54. The molecule has 5 aromatic carbocycles. The van der Waals surface area contributed by atoms with Gasteiger partial charge in [0.25, 0.3) is 0 Å². The largest absolute Gasteiger partial charge is 0.768 e. The van der Waals surface area contributed by atoms with Crippen LogP contribution >= 0.6 is 0 Å². The van der Waals surface area contributed by atoms with E-state index < -0.39 is 16.6 Å². The maximum Gasteiger partial charge on any atom is 0.139 e. The number of anilines is 2. The summed E-state index contributed by atoms with van der Waals surface area (Å²) in [5.41, 5.74) is 6.46. The summed E-state index contributed by atoms with van der Waals surface area (Å²) in [6.07, 6.45) is 6.63. The molecule has 0 N–H and O–H groups in total. The lowest BCUT2D eigenvalue weighted by atomic mass is 9.77. The van der Waals surface area contributed by atoms with Crippen molar-refractivity contribution >= 4 is 33.5 Å². The number of rotatable bonds is 8. The third-order valence-corrected chi connectivity index (χ3v) is 10.3. The van der Waals surface area contributed by atoms with Gasteiger partial charge in [0.2, 0.25) is 0 Å². The number of fused-ring (bicyclic) bond motifs is 1. The van der Waals surface area contributed by atoms with Crippen LogP contribution in [0, 0.1) is 0 Å². The fourth-order valence-corrected chi connectivity index (χ4v) is 7.64. The second-order valence-electron chi connectivity index (χ2n) is 12.5. The minimum Gasteiger partial charge on any atom is -0.768 e. The fourth-order valence-electron chi connectivity index (χ4n) is 7.24. The van der Waals surface area contributed by atoms with Gasteiger partial charge < -0.3 is 14.4 Å². The molecule has 1 aliphatic rings. The Morgan fingerprint density at radius 1 is 0.640 bits per heavy atom. The quantitative estimate of drug-likeness (QED) is 0.124. The van der Waals surface area contributed by atoms with Crippen LogP contribution in [0.3, 0.4) is 0 Å². The van der Waals surface area contributed by atoms with Gasteiger partial charge in [0, 0.05) is 53.9 Å². The molecule has 2 aromatic heterocycles. The van der Waals surface area contributed by atoms with Crippen LogP contribution in [0.15, 0.2) is 157 Å². The molecular formula is C41H35N6O2S-. The summed E-state index contributed by atoms with van der Waals surface area (Å²) in [5, 5.41) is 6.07. The Morgan fingerprint density at radius 2 is 1.28 bits per heavy atom. The lowest BCUT2D eigenvalue weighted by molar-refractivity contribution is 0.460. The van der Waals surface area contributed by atoms with Crippen molar-refractivity contribution in [2.24, 2.45) is 0 Å². The van der Waals surface area contributed by atoms with E-state index in [0.717, 1.165) is 82.8 Å². The van der Waals surface area contributed by atoms with E-state index in [0.29, 0.717) is 4.90 Å². The molecule has 0 aliphatic carbocycles. The van der Waals surface area contributed by atoms with Gasteiger partial charge in [-0.25, -0.2) is 9.97 Å². The zero-order valence-electron chi connectivity index (χ0n) is 27.4. The molecule has 7 aromatic rings. The first-order valence-electron chi connectivity index (χ1n) is 16.8. The van der Waals surface area contributed by atoms with Crippen molar-refractivity contribution in [1.82, 2.24) is 19.7 Å². The molecule has 8 rings (SSSR count). The summed E-state index contributed by atoms with van der Waals surface area (Å²) in [4.78, 5) is 14.3. The number of hydrogen-bond donors (Lipinski definition) is 0. The molecule has 1 fully saturated rings. The van der Waals surface area contributed by atoms with E-state index in [-0.39, 0.29) is 0 Å². The van der Waals surface area contributed by atoms with Gasteiger partial charge >= 0.3 is 0 Å². The average molecular weight is 676 g/mol. The first-order chi connectivity index (χ1) is 24.6. The number of aromatic nitrogens is 4. The standard InChI is InChI=1S/C41H36N6O2S/c48-50(49)37-19-10-18-36(27-37)45-22-11-23-46(25-24-45)40-38-26-31(20-21-39(38)42-30-43-40)32-28-44-47(29-32)41(33-12-4-1-5-13-33,34-14-6-2-7-15-34)35-16-8-3-9-17-35/h1-10,12-21,26-30H,11,22-25H2,(H,48,49)/p-1. The molecule has 1 saturated heterocycles. The molecule has 50 heavy (non-hydrogen) atoms. The summed E-state index contributed by atoms with van der Waals surface area (Å²) in [6.45, 7) is 3.14. The first-order valence-corrected chi connectivity index (χ1v) is 17.8. The SMILES string of the molecule is O=S([O-])c1cccc(N2CCCN(c3ncnc4ccc(-c5cnn(C(c6ccccc6)(c6ccccc6)c6ccccc6)c5)cc34)CC2)c1. The third kappa shape index (κ3) is 5.84. The minimum atomic E-state index is -2.26. The summed E-state index contributed by atoms with van der Waals surface area (Å²) in [5.74, 6) is 0.896. The van der Waals surface area contributed by atoms with E-state index in [9.17, 15) is 8.76 Å². The highest BCUT2D eigenvalue weighted by Crippen LogP contribution is 2.41. The Balaban J connectivity index is 1.17. The van der Waals surface area contributed by atoms with Crippen LogP contribution in [0.4, 0.5) is 11.5 Å². The molecule has 3 heterocycles. The highest BCUT2D eigenvalue weighted by Gasteiger charge is 2.39. The Labute approximate surface area is 294 Å². The van der Waals surface area contributed by atoms with Crippen molar-refractivity contribution in [2.75, 3.05) is 36.0 Å². The predicted octanol–water partition coefficient (Wildman–Crippen LogP) is 7.29. The Kier molecular flexibility index (Phi) is 8.66. The molecule has 248 valence electrons. The lowest BCUT2D eigenvalue weighted by Gasteiger charge is -2.36. The molecule has 1 atom stereocenters. The topological polar surface area (TPSA) is 90.2 Å². The molecule has 1 aliphatic heterocycles. The van der Waals surface area contributed by atoms with Gasteiger partial charge in [-0.15, -0.1) is 0 Å². The number of benzene rings is 5. The van der Waals surface area contributed by atoms with Gasteiger partial charge in [0.1, 0.15) is 17.7 Å². The van der Waals surface area contributed by atoms with Crippen molar-refractivity contribution in [3.05, 3.63) is 169 Å². The predicted molar refractivity (Wildman–Crippen MR) is 198 cm³/mol. The summed E-state index contributed by atoms with van der Waals surface area (Å²) < 4.78 is 25.3. The van der Waals surface area contributed by atoms with Crippen molar-refractivity contribution < 1.29 is 8.76 Å². The molecule has 1 unspecified atom stereocenters. The Hall–Kier alpha value is -5.64. The van der Waals surface area contributed by atoms with Gasteiger partial charge in [-0.1, -0.05) is 103 Å². The van der Waals surface area contributed by atoms with Gasteiger partial charge in [-0.05, 0) is 70.1 Å². The summed E-state index contributed by atoms with van der Waals surface area (Å²) >= 11 is -2.26. The second-order valence-corrected chi connectivity index (χ2v) is 13.4. The smallest absolute Gasteiger partial charge is 0.139 e. The van der Waals surface area contributed by atoms with Crippen LogP contribution in [0.25, 0.3) is 22.0 Å². The molecule has 0 bridgehead atoms. The molecule has 0 amide bonds. The van der Waals surface area contributed by atoms with E-state index in [1.165, 1.54) is 0 Å². The third-order valence-electron chi connectivity index (χ3n) is 9.62. The fraction of sp³-hybridized carbons (Fsp3) is 0.146. The van der Waals surface area contributed by atoms with Gasteiger partial charge in [-0.2, -0.15) is 5.10 Å². The van der Waals surface area contributed by atoms with Crippen LogP contribution in [-0.2, 0) is 16.6 Å². The number of hydrogen-bond acceptors (Lipinski definition) is 7. The normalized spacial score (nSPS) is 14.4. The van der Waals surface area contributed by atoms with E-state index in [1.54, 1.807) is 24.5 Å². The zero-order valence-corrected chi connectivity index (χ0v) is 28.2. The summed E-state index contributed by atoms with van der Waals surface area (Å²) in [7, 11) is 0. The molecular weight excluding hydrogens is 641 g/mol.